The van der Waals surface area contributed by atoms with E-state index in [-0.39, 0.29) is 24.0 Å². The number of halogens is 2. The minimum Gasteiger partial charge on any atom is -0.373 e. The van der Waals surface area contributed by atoms with Gasteiger partial charge in [0.05, 0.1) is 27.3 Å². The van der Waals surface area contributed by atoms with Crippen molar-refractivity contribution in [1.29, 1.82) is 0 Å². The summed E-state index contributed by atoms with van der Waals surface area (Å²) in [6, 6.07) is 0. The van der Waals surface area contributed by atoms with Gasteiger partial charge in [0.2, 0.25) is 0 Å². The number of allylic oxidation sites excluding steroid dienone is 4. The summed E-state index contributed by atoms with van der Waals surface area (Å²) in [5.74, 6) is 7.01. The fraction of sp³-hybridized carbons (Fsp3) is 0.643. The van der Waals surface area contributed by atoms with Crippen LogP contribution >= 0.6 is 46.6 Å². The first kappa shape index (κ1) is 29.8. The normalized spacial score (nSPS) is 28.5. The summed E-state index contributed by atoms with van der Waals surface area (Å²) in [5.41, 5.74) is 0. The van der Waals surface area contributed by atoms with Crippen LogP contribution in [-0.4, -0.2) is 32.3 Å². The Hall–Kier alpha value is -0.720. The van der Waals surface area contributed by atoms with Crippen LogP contribution in [0.15, 0.2) is 49.1 Å². The maximum absolute atomic E-state index is 5.90. The summed E-state index contributed by atoms with van der Waals surface area (Å²) in [4.78, 5) is 6.22. The van der Waals surface area contributed by atoms with Gasteiger partial charge in [-0.25, -0.2) is 14.1 Å². The van der Waals surface area contributed by atoms with Crippen LogP contribution in [0.2, 0.25) is 0 Å². The summed E-state index contributed by atoms with van der Waals surface area (Å²) in [7, 11) is 6.14. The van der Waals surface area contributed by atoms with E-state index in [1.54, 1.807) is 0 Å². The first-order chi connectivity index (χ1) is 17.1. The average Bonchev–Trinajstić information content (AvgIpc) is 3.71. The van der Waals surface area contributed by atoms with Gasteiger partial charge in [-0.05, 0) is 66.1 Å². The molecule has 2 aromatic heterocycles. The lowest BCUT2D eigenvalue weighted by atomic mass is 9.95. The van der Waals surface area contributed by atoms with Crippen molar-refractivity contribution in [3.8, 4) is 0 Å². The van der Waals surface area contributed by atoms with Crippen molar-refractivity contribution in [2.24, 2.45) is 56.7 Å². The van der Waals surface area contributed by atoms with Gasteiger partial charge in [-0.3, -0.25) is 0 Å². The number of aromatic nitrogens is 4. The number of nitrogens with zero attached hydrogens (tertiary/aromatic N) is 4. The van der Waals surface area contributed by atoms with Gasteiger partial charge in [-0.1, -0.05) is 46.9 Å². The van der Waals surface area contributed by atoms with Gasteiger partial charge < -0.3 is 14.0 Å². The van der Waals surface area contributed by atoms with Crippen molar-refractivity contribution in [3.63, 3.8) is 0 Å². The van der Waals surface area contributed by atoms with Crippen LogP contribution in [-0.2, 0) is 43.8 Å². The SMILES string of the molecule is CI.Cn1cc[n+](C)c1COCC1CC2C=CC1C2.Cn1ccnc1COCC1CC2C=CC1C2.I. The van der Waals surface area contributed by atoms with E-state index < -0.39 is 0 Å². The third-order valence-electron chi connectivity index (χ3n) is 8.21. The highest BCUT2D eigenvalue weighted by atomic mass is 127. The van der Waals surface area contributed by atoms with Crippen molar-refractivity contribution in [2.45, 2.75) is 38.9 Å². The maximum atomic E-state index is 5.90. The molecular weight excluding hydrogens is 678 g/mol. The van der Waals surface area contributed by atoms with E-state index in [0.29, 0.717) is 6.61 Å². The molecule has 0 saturated heterocycles. The molecule has 6 atom stereocenters. The molecular formula is C28H43I2N4O2+. The lowest BCUT2D eigenvalue weighted by Gasteiger charge is -2.17. The van der Waals surface area contributed by atoms with E-state index in [9.17, 15) is 0 Å². The Bertz CT molecular complexity index is 982. The summed E-state index contributed by atoms with van der Waals surface area (Å²) in [6.07, 6.45) is 22.8. The zero-order chi connectivity index (χ0) is 24.8. The predicted octanol–water partition coefficient (Wildman–Crippen LogP) is 5.40. The summed E-state index contributed by atoms with van der Waals surface area (Å²) >= 11 is 2.15. The molecule has 4 bridgehead atoms. The van der Waals surface area contributed by atoms with Crippen molar-refractivity contribution >= 4 is 46.6 Å². The third-order valence-corrected chi connectivity index (χ3v) is 8.21. The Morgan fingerprint density at radius 2 is 1.44 bits per heavy atom. The van der Waals surface area contributed by atoms with Gasteiger partial charge in [0.15, 0.2) is 0 Å². The fourth-order valence-electron chi connectivity index (χ4n) is 6.14. The summed E-state index contributed by atoms with van der Waals surface area (Å²) in [5, 5.41) is 0. The summed E-state index contributed by atoms with van der Waals surface area (Å²) in [6.45, 7) is 3.16. The lowest BCUT2D eigenvalue weighted by Crippen LogP contribution is -2.32. The zero-order valence-corrected chi connectivity index (χ0v) is 26.6. The Labute approximate surface area is 247 Å². The molecule has 6 unspecified atom stereocenters. The maximum Gasteiger partial charge on any atom is 0.282 e. The molecule has 6 rings (SSSR count). The second kappa shape index (κ2) is 14.4. The molecule has 200 valence electrons. The van der Waals surface area contributed by atoms with Crippen LogP contribution < -0.4 is 4.57 Å². The lowest BCUT2D eigenvalue weighted by molar-refractivity contribution is -0.680. The quantitative estimate of drug-likeness (QED) is 0.159. The highest BCUT2D eigenvalue weighted by Gasteiger charge is 2.36. The Balaban J connectivity index is 0.000000183. The Morgan fingerprint density at radius 3 is 1.86 bits per heavy atom. The minimum absolute atomic E-state index is 0. The molecule has 0 aliphatic heterocycles. The molecule has 0 spiro atoms. The van der Waals surface area contributed by atoms with E-state index in [1.807, 2.05) is 28.9 Å². The van der Waals surface area contributed by atoms with E-state index in [1.165, 1.54) is 31.5 Å². The van der Waals surface area contributed by atoms with Crippen LogP contribution in [0.4, 0.5) is 0 Å². The van der Waals surface area contributed by atoms with Crippen LogP contribution in [0, 0.1) is 35.5 Å². The van der Waals surface area contributed by atoms with E-state index in [4.69, 9.17) is 9.47 Å². The second-order valence-corrected chi connectivity index (χ2v) is 10.5. The first-order valence-electron chi connectivity index (χ1n) is 12.9. The highest BCUT2D eigenvalue weighted by Crippen LogP contribution is 2.44. The van der Waals surface area contributed by atoms with Crippen molar-refractivity contribution in [2.75, 3.05) is 18.1 Å². The number of fused-ring (bicyclic) bond motifs is 4. The molecule has 36 heavy (non-hydrogen) atoms. The van der Waals surface area contributed by atoms with Gasteiger partial charge in [-0.15, -0.1) is 24.0 Å². The molecule has 6 nitrogen and oxygen atoms in total. The molecule has 2 fully saturated rings. The first-order valence-corrected chi connectivity index (χ1v) is 15.1. The standard InChI is InChI=1S/C14H21N2O.C13H18N2O.CH3I.HI/c1-15-5-6-16(2)14(15)10-17-9-13-8-11-3-4-12(13)7-11;1-15-5-4-14-13(15)9-16-8-12-7-10-2-3-11(12)6-10;1-2;/h3-6,11-13H,7-10H2,1-2H3;2-5,10-12H,6-9H2,1H3;1H3;1H/q+1;;;. The van der Waals surface area contributed by atoms with E-state index in [2.05, 4.69) is 87.5 Å². The average molecular weight is 721 g/mol. The van der Waals surface area contributed by atoms with Crippen LogP contribution in [0.5, 0.6) is 0 Å². The number of hydrogen-bond acceptors (Lipinski definition) is 3. The third kappa shape index (κ3) is 7.44. The molecule has 0 radical (unpaired) electrons. The van der Waals surface area contributed by atoms with Gasteiger partial charge in [0.25, 0.3) is 5.82 Å². The number of hydrogen-bond donors (Lipinski definition) is 0. The molecule has 2 heterocycles. The minimum atomic E-state index is 0. The van der Waals surface area contributed by atoms with Crippen LogP contribution in [0.1, 0.15) is 37.3 Å². The largest absolute Gasteiger partial charge is 0.373 e. The fourth-order valence-corrected chi connectivity index (χ4v) is 6.14. The van der Waals surface area contributed by atoms with Gasteiger partial charge in [0.1, 0.15) is 31.4 Å². The number of aryl methyl sites for hydroxylation is 3. The molecule has 4 aliphatic rings. The Kier molecular flexibility index (Phi) is 12.0. The predicted molar refractivity (Wildman–Crippen MR) is 162 cm³/mol. The molecule has 0 N–H and O–H groups in total. The van der Waals surface area contributed by atoms with Gasteiger partial charge >= 0.3 is 0 Å². The topological polar surface area (TPSA) is 45.1 Å². The number of imidazole rings is 2. The molecule has 2 saturated carbocycles. The number of rotatable bonds is 8. The zero-order valence-electron chi connectivity index (χ0n) is 22.1. The van der Waals surface area contributed by atoms with Crippen LogP contribution in [0.25, 0.3) is 0 Å². The van der Waals surface area contributed by atoms with Crippen LogP contribution in [0.3, 0.4) is 0 Å². The monoisotopic (exact) mass is 721 g/mol. The van der Waals surface area contributed by atoms with E-state index in [0.717, 1.165) is 61.2 Å². The smallest absolute Gasteiger partial charge is 0.282 e. The summed E-state index contributed by atoms with van der Waals surface area (Å²) < 4.78 is 17.9. The van der Waals surface area contributed by atoms with Crippen molar-refractivity contribution < 1.29 is 14.0 Å². The molecule has 0 amide bonds. The molecule has 4 aliphatic carbocycles. The van der Waals surface area contributed by atoms with Crippen molar-refractivity contribution in [3.05, 3.63) is 60.7 Å². The molecule has 8 heteroatoms. The molecule has 0 aromatic carbocycles. The molecule has 2 aromatic rings. The number of ether oxygens (including phenoxy) is 2. The van der Waals surface area contributed by atoms with Gasteiger partial charge in [0, 0.05) is 19.4 Å². The Morgan fingerprint density at radius 1 is 0.861 bits per heavy atom. The van der Waals surface area contributed by atoms with E-state index >= 15 is 0 Å². The highest BCUT2D eigenvalue weighted by molar-refractivity contribution is 14.1. The second-order valence-electron chi connectivity index (χ2n) is 10.5. The van der Waals surface area contributed by atoms with Crippen molar-refractivity contribution in [1.82, 2.24) is 14.1 Å². The van der Waals surface area contributed by atoms with Gasteiger partial charge in [-0.2, -0.15) is 0 Å². The number of alkyl halides is 1.